The molecular formula is C13H14N2. The average Bonchev–Trinajstić information content (AvgIpc) is 2.16. The van der Waals surface area contributed by atoms with E-state index in [1.165, 1.54) is 5.57 Å². The fourth-order valence-electron chi connectivity index (χ4n) is 1.63. The lowest BCUT2D eigenvalue weighted by atomic mass is 10.1. The van der Waals surface area contributed by atoms with Gasteiger partial charge in [-0.15, -0.1) is 0 Å². The predicted molar refractivity (Wildman–Crippen MR) is 65.5 cm³/mol. The minimum atomic E-state index is 0.571. The minimum Gasteiger partial charge on any atom is -0.384 e. The Balaban J connectivity index is 2.77. The van der Waals surface area contributed by atoms with Crippen molar-refractivity contribution >= 4 is 22.7 Å². The summed E-state index contributed by atoms with van der Waals surface area (Å²) in [5.41, 5.74) is 7.93. The topological polar surface area (TPSA) is 38.9 Å². The van der Waals surface area contributed by atoms with Crippen LogP contribution in [0.3, 0.4) is 0 Å². The summed E-state index contributed by atoms with van der Waals surface area (Å²) in [5, 5.41) is 2.28. The van der Waals surface area contributed by atoms with Crippen LogP contribution in [0.1, 0.15) is 19.5 Å². The largest absolute Gasteiger partial charge is 0.384 e. The Morgan fingerprint density at radius 2 is 2.00 bits per heavy atom. The van der Waals surface area contributed by atoms with Gasteiger partial charge >= 0.3 is 0 Å². The summed E-state index contributed by atoms with van der Waals surface area (Å²) in [6.07, 6.45) is 2.05. The first kappa shape index (κ1) is 9.71. The zero-order valence-electron chi connectivity index (χ0n) is 8.99. The fraction of sp³-hybridized carbons (Fsp3) is 0.154. The zero-order chi connectivity index (χ0) is 10.8. The summed E-state index contributed by atoms with van der Waals surface area (Å²) in [6.45, 7) is 4.11. The molecular weight excluding hydrogens is 184 g/mol. The third kappa shape index (κ3) is 1.99. The van der Waals surface area contributed by atoms with Crippen molar-refractivity contribution in [2.45, 2.75) is 13.8 Å². The van der Waals surface area contributed by atoms with Gasteiger partial charge in [-0.05, 0) is 31.4 Å². The molecule has 0 amide bonds. The van der Waals surface area contributed by atoms with Gasteiger partial charge in [0.1, 0.15) is 5.82 Å². The Morgan fingerprint density at radius 1 is 1.27 bits per heavy atom. The summed E-state index contributed by atoms with van der Waals surface area (Å²) in [7, 11) is 0. The van der Waals surface area contributed by atoms with Gasteiger partial charge < -0.3 is 5.73 Å². The number of allylic oxidation sites excluding steroid dienone is 1. The van der Waals surface area contributed by atoms with E-state index in [1.807, 2.05) is 18.2 Å². The van der Waals surface area contributed by atoms with Crippen molar-refractivity contribution in [3.63, 3.8) is 0 Å². The third-order valence-electron chi connectivity index (χ3n) is 2.22. The Bertz CT molecular complexity index is 523. The molecule has 0 aliphatic heterocycles. The smallest absolute Gasteiger partial charge is 0.124 e. The lowest BCUT2D eigenvalue weighted by molar-refractivity contribution is 1.32. The van der Waals surface area contributed by atoms with Crippen molar-refractivity contribution in [2.24, 2.45) is 0 Å². The Labute approximate surface area is 89.4 Å². The van der Waals surface area contributed by atoms with Crippen LogP contribution >= 0.6 is 0 Å². The second-order valence-electron chi connectivity index (χ2n) is 3.88. The van der Waals surface area contributed by atoms with Gasteiger partial charge in [0.15, 0.2) is 0 Å². The molecule has 2 rings (SSSR count). The number of pyridine rings is 1. The molecule has 15 heavy (non-hydrogen) atoms. The number of hydrogen-bond donors (Lipinski definition) is 1. The van der Waals surface area contributed by atoms with Gasteiger partial charge in [0.2, 0.25) is 0 Å². The number of nitrogen functional groups attached to an aromatic ring is 1. The van der Waals surface area contributed by atoms with Gasteiger partial charge in [0.25, 0.3) is 0 Å². The van der Waals surface area contributed by atoms with Crippen LogP contribution in [-0.4, -0.2) is 4.98 Å². The molecule has 2 N–H and O–H groups in total. The number of nitrogens with zero attached hydrogens (tertiary/aromatic N) is 1. The predicted octanol–water partition coefficient (Wildman–Crippen LogP) is 3.24. The molecule has 2 heteroatoms. The van der Waals surface area contributed by atoms with E-state index >= 15 is 0 Å². The van der Waals surface area contributed by atoms with Gasteiger partial charge in [0.05, 0.1) is 5.69 Å². The molecule has 0 aliphatic carbocycles. The highest BCUT2D eigenvalue weighted by Gasteiger charge is 2.01. The Kier molecular flexibility index (Phi) is 2.42. The quantitative estimate of drug-likeness (QED) is 0.764. The summed E-state index contributed by atoms with van der Waals surface area (Å²) >= 11 is 0. The maximum absolute atomic E-state index is 5.76. The van der Waals surface area contributed by atoms with Crippen LogP contribution in [0, 0.1) is 0 Å². The van der Waals surface area contributed by atoms with E-state index in [-0.39, 0.29) is 0 Å². The lowest BCUT2D eigenvalue weighted by Crippen LogP contribution is -1.93. The van der Waals surface area contributed by atoms with Crippen LogP contribution in [0.5, 0.6) is 0 Å². The average molecular weight is 198 g/mol. The number of anilines is 1. The van der Waals surface area contributed by atoms with E-state index in [1.54, 1.807) is 0 Å². The highest BCUT2D eigenvalue weighted by atomic mass is 14.8. The number of aromatic nitrogens is 1. The molecule has 2 nitrogen and oxygen atoms in total. The summed E-state index contributed by atoms with van der Waals surface area (Å²) in [6, 6.07) is 10.0. The molecule has 0 bridgehead atoms. The molecule has 1 aromatic heterocycles. The molecule has 0 saturated carbocycles. The molecule has 0 saturated heterocycles. The van der Waals surface area contributed by atoms with E-state index in [2.05, 4.69) is 37.0 Å². The number of rotatable bonds is 1. The van der Waals surface area contributed by atoms with Crippen molar-refractivity contribution in [2.75, 3.05) is 5.73 Å². The lowest BCUT2D eigenvalue weighted by Gasteiger charge is -2.03. The molecule has 0 unspecified atom stereocenters. The van der Waals surface area contributed by atoms with E-state index in [0.29, 0.717) is 5.82 Å². The van der Waals surface area contributed by atoms with Crippen molar-refractivity contribution in [3.05, 3.63) is 41.6 Å². The van der Waals surface area contributed by atoms with Crippen molar-refractivity contribution in [1.82, 2.24) is 4.98 Å². The monoisotopic (exact) mass is 198 g/mol. The molecule has 1 heterocycles. The number of nitrogens with two attached hydrogens (primary N) is 1. The van der Waals surface area contributed by atoms with Crippen LogP contribution in [0.4, 0.5) is 5.82 Å². The van der Waals surface area contributed by atoms with E-state index in [0.717, 1.165) is 16.5 Å². The highest BCUT2D eigenvalue weighted by molar-refractivity contribution is 5.90. The van der Waals surface area contributed by atoms with Gasteiger partial charge in [0, 0.05) is 5.39 Å². The van der Waals surface area contributed by atoms with Gasteiger partial charge in [-0.1, -0.05) is 29.8 Å². The minimum absolute atomic E-state index is 0.571. The molecule has 0 aliphatic rings. The zero-order valence-corrected chi connectivity index (χ0v) is 8.99. The van der Waals surface area contributed by atoms with E-state index in [4.69, 9.17) is 5.73 Å². The van der Waals surface area contributed by atoms with Gasteiger partial charge in [-0.2, -0.15) is 0 Å². The molecule has 76 valence electrons. The molecule has 0 fully saturated rings. The molecule has 0 spiro atoms. The van der Waals surface area contributed by atoms with E-state index < -0.39 is 0 Å². The van der Waals surface area contributed by atoms with Crippen molar-refractivity contribution in [3.8, 4) is 0 Å². The van der Waals surface area contributed by atoms with Gasteiger partial charge in [-0.25, -0.2) is 4.98 Å². The van der Waals surface area contributed by atoms with Crippen LogP contribution in [0.15, 0.2) is 35.9 Å². The second-order valence-corrected chi connectivity index (χ2v) is 3.88. The van der Waals surface area contributed by atoms with Crippen LogP contribution in [0.2, 0.25) is 0 Å². The first-order valence-electron chi connectivity index (χ1n) is 4.97. The van der Waals surface area contributed by atoms with Crippen molar-refractivity contribution < 1.29 is 0 Å². The SMILES string of the molecule is CC(C)=Cc1nc(N)cc2ccccc12. The maximum Gasteiger partial charge on any atom is 0.124 e. The van der Waals surface area contributed by atoms with Crippen molar-refractivity contribution in [1.29, 1.82) is 0 Å². The number of hydrogen-bond acceptors (Lipinski definition) is 2. The molecule has 0 radical (unpaired) electrons. The summed E-state index contributed by atoms with van der Waals surface area (Å²) < 4.78 is 0. The van der Waals surface area contributed by atoms with E-state index in [9.17, 15) is 0 Å². The summed E-state index contributed by atoms with van der Waals surface area (Å²) in [4.78, 5) is 4.34. The van der Waals surface area contributed by atoms with Gasteiger partial charge in [-0.3, -0.25) is 0 Å². The molecule has 2 aromatic rings. The first-order valence-corrected chi connectivity index (χ1v) is 4.97. The maximum atomic E-state index is 5.76. The number of fused-ring (bicyclic) bond motifs is 1. The molecule has 1 aromatic carbocycles. The van der Waals surface area contributed by atoms with Crippen LogP contribution < -0.4 is 5.73 Å². The molecule has 0 atom stereocenters. The normalized spacial score (nSPS) is 10.3. The first-order chi connectivity index (χ1) is 7.16. The fourth-order valence-corrected chi connectivity index (χ4v) is 1.63. The Hall–Kier alpha value is -1.83. The number of benzene rings is 1. The Morgan fingerprint density at radius 3 is 2.73 bits per heavy atom. The second kappa shape index (κ2) is 3.73. The standard InChI is InChI=1S/C13H14N2/c1-9(2)7-12-11-6-4-3-5-10(11)8-13(14)15-12/h3-8H,1-2H3,(H2,14,15). The summed E-state index contributed by atoms with van der Waals surface area (Å²) in [5.74, 6) is 0.571. The third-order valence-corrected chi connectivity index (χ3v) is 2.22. The van der Waals surface area contributed by atoms with Crippen LogP contribution in [0.25, 0.3) is 16.8 Å². The van der Waals surface area contributed by atoms with Crippen LogP contribution in [-0.2, 0) is 0 Å². The highest BCUT2D eigenvalue weighted by Crippen LogP contribution is 2.21.